The second-order valence-electron chi connectivity index (χ2n) is 6.75. The van der Waals surface area contributed by atoms with Gasteiger partial charge in [-0.15, -0.1) is 0 Å². The molecule has 29 heavy (non-hydrogen) atoms. The van der Waals surface area contributed by atoms with Crippen LogP contribution in [0.4, 0.5) is 5.69 Å². The molecule has 0 spiro atoms. The van der Waals surface area contributed by atoms with Crippen molar-refractivity contribution in [3.8, 4) is 6.07 Å². The van der Waals surface area contributed by atoms with Gasteiger partial charge in [-0.2, -0.15) is 5.26 Å². The maximum atomic E-state index is 13.0. The first-order valence-electron chi connectivity index (χ1n) is 9.11. The summed E-state index contributed by atoms with van der Waals surface area (Å²) in [5, 5.41) is 11.7. The van der Waals surface area contributed by atoms with Gasteiger partial charge in [0.2, 0.25) is 6.10 Å². The lowest BCUT2D eigenvalue weighted by Gasteiger charge is -2.18. The molecule has 5 nitrogen and oxygen atoms in total. The van der Waals surface area contributed by atoms with Gasteiger partial charge in [-0.1, -0.05) is 36.4 Å². The molecule has 0 bridgehead atoms. The molecule has 0 heterocycles. The van der Waals surface area contributed by atoms with Crippen LogP contribution >= 0.6 is 0 Å². The number of aryl methyl sites for hydroxylation is 2. The van der Waals surface area contributed by atoms with Crippen molar-refractivity contribution in [2.45, 2.75) is 20.0 Å². The summed E-state index contributed by atoms with van der Waals surface area (Å²) in [6.07, 6.45) is -1.11. The standard InChI is InChI=1S/C24H20N2O3/c1-16-12-17(2)14-21(13-16)26-23(27)22(19-6-4-3-5-7-19)29-24(28)20-10-8-18(15-25)9-11-20/h3-14,22H,1-2H3,(H,26,27)/t22-/m0/s1. The van der Waals surface area contributed by atoms with Gasteiger partial charge in [-0.3, -0.25) is 4.79 Å². The largest absolute Gasteiger partial charge is 0.444 e. The van der Waals surface area contributed by atoms with Crippen LogP contribution in [0, 0.1) is 25.2 Å². The summed E-state index contributed by atoms with van der Waals surface area (Å²) in [7, 11) is 0. The van der Waals surface area contributed by atoms with E-state index in [1.807, 2.05) is 44.2 Å². The molecule has 0 fully saturated rings. The highest BCUT2D eigenvalue weighted by Gasteiger charge is 2.26. The molecule has 1 atom stereocenters. The number of hydrogen-bond donors (Lipinski definition) is 1. The number of ether oxygens (including phenoxy) is 1. The molecule has 5 heteroatoms. The van der Waals surface area contributed by atoms with Crippen molar-refractivity contribution in [2.75, 3.05) is 5.32 Å². The Morgan fingerprint density at radius 2 is 1.55 bits per heavy atom. The van der Waals surface area contributed by atoms with Crippen molar-refractivity contribution in [2.24, 2.45) is 0 Å². The number of carbonyl (C=O) groups is 2. The molecule has 0 aliphatic heterocycles. The second kappa shape index (κ2) is 8.85. The first kappa shape index (κ1) is 19.8. The highest BCUT2D eigenvalue weighted by Crippen LogP contribution is 2.23. The molecular weight excluding hydrogens is 364 g/mol. The number of amides is 1. The van der Waals surface area contributed by atoms with E-state index in [2.05, 4.69) is 5.32 Å². The number of nitriles is 1. The number of nitrogens with one attached hydrogen (secondary N) is 1. The molecule has 0 aliphatic carbocycles. The van der Waals surface area contributed by atoms with E-state index in [0.29, 0.717) is 16.8 Å². The Morgan fingerprint density at radius 3 is 2.14 bits per heavy atom. The fourth-order valence-electron chi connectivity index (χ4n) is 3.01. The van der Waals surface area contributed by atoms with Crippen LogP contribution in [-0.4, -0.2) is 11.9 Å². The minimum absolute atomic E-state index is 0.268. The zero-order chi connectivity index (χ0) is 20.8. The molecule has 0 aliphatic rings. The Morgan fingerprint density at radius 1 is 0.931 bits per heavy atom. The topological polar surface area (TPSA) is 79.2 Å². The molecule has 0 saturated carbocycles. The van der Waals surface area contributed by atoms with Gasteiger partial charge >= 0.3 is 5.97 Å². The minimum Gasteiger partial charge on any atom is -0.444 e. The lowest BCUT2D eigenvalue weighted by molar-refractivity contribution is -0.125. The number of esters is 1. The lowest BCUT2D eigenvalue weighted by atomic mass is 10.1. The second-order valence-corrected chi connectivity index (χ2v) is 6.75. The number of anilines is 1. The summed E-state index contributed by atoms with van der Waals surface area (Å²) in [6.45, 7) is 3.89. The van der Waals surface area contributed by atoms with Crippen molar-refractivity contribution < 1.29 is 14.3 Å². The Balaban J connectivity index is 1.85. The Kier molecular flexibility index (Phi) is 6.06. The van der Waals surface area contributed by atoms with Crippen molar-refractivity contribution in [3.63, 3.8) is 0 Å². The van der Waals surface area contributed by atoms with E-state index in [0.717, 1.165) is 11.1 Å². The Hall–Kier alpha value is -3.91. The van der Waals surface area contributed by atoms with Crippen LogP contribution in [0.3, 0.4) is 0 Å². The van der Waals surface area contributed by atoms with Gasteiger partial charge in [-0.05, 0) is 61.4 Å². The van der Waals surface area contributed by atoms with Gasteiger partial charge in [0.25, 0.3) is 5.91 Å². The van der Waals surface area contributed by atoms with Crippen LogP contribution in [0.2, 0.25) is 0 Å². The minimum atomic E-state index is -1.11. The predicted octanol–water partition coefficient (Wildman–Crippen LogP) is 4.71. The Bertz CT molecular complexity index is 1050. The van der Waals surface area contributed by atoms with Crippen LogP contribution in [0.1, 0.15) is 38.7 Å². The molecule has 3 aromatic carbocycles. The van der Waals surface area contributed by atoms with Gasteiger partial charge in [0.05, 0.1) is 17.2 Å². The average Bonchev–Trinajstić information content (AvgIpc) is 2.71. The molecule has 3 rings (SSSR count). The zero-order valence-corrected chi connectivity index (χ0v) is 16.2. The van der Waals surface area contributed by atoms with E-state index >= 15 is 0 Å². The van der Waals surface area contributed by atoms with Crippen LogP contribution < -0.4 is 5.32 Å². The number of rotatable bonds is 5. The predicted molar refractivity (Wildman–Crippen MR) is 110 cm³/mol. The van der Waals surface area contributed by atoms with E-state index < -0.39 is 18.0 Å². The van der Waals surface area contributed by atoms with E-state index in [1.165, 1.54) is 24.3 Å². The smallest absolute Gasteiger partial charge is 0.339 e. The molecule has 1 amide bonds. The van der Waals surface area contributed by atoms with Crippen molar-refractivity contribution >= 4 is 17.6 Å². The van der Waals surface area contributed by atoms with Crippen LogP contribution in [-0.2, 0) is 9.53 Å². The summed E-state index contributed by atoms with van der Waals surface area (Å²) < 4.78 is 5.56. The third-order valence-electron chi connectivity index (χ3n) is 4.30. The first-order chi connectivity index (χ1) is 14.0. The van der Waals surface area contributed by atoms with Gasteiger partial charge < -0.3 is 10.1 Å². The third kappa shape index (κ3) is 5.08. The number of benzene rings is 3. The number of hydrogen-bond acceptors (Lipinski definition) is 4. The molecule has 3 aromatic rings. The highest BCUT2D eigenvalue weighted by molar-refractivity contribution is 5.98. The van der Waals surface area contributed by atoms with Crippen LogP contribution in [0.15, 0.2) is 72.8 Å². The van der Waals surface area contributed by atoms with Gasteiger partial charge in [0.1, 0.15) is 0 Å². The molecule has 0 radical (unpaired) electrons. The zero-order valence-electron chi connectivity index (χ0n) is 16.2. The quantitative estimate of drug-likeness (QED) is 0.646. The van der Waals surface area contributed by atoms with E-state index in [9.17, 15) is 9.59 Å². The monoisotopic (exact) mass is 384 g/mol. The van der Waals surface area contributed by atoms with Crippen molar-refractivity contribution in [3.05, 3.63) is 101 Å². The third-order valence-corrected chi connectivity index (χ3v) is 4.30. The first-order valence-corrected chi connectivity index (χ1v) is 9.11. The summed E-state index contributed by atoms with van der Waals surface area (Å²) in [4.78, 5) is 25.6. The summed E-state index contributed by atoms with van der Waals surface area (Å²) in [5.41, 5.74) is 3.95. The average molecular weight is 384 g/mol. The SMILES string of the molecule is Cc1cc(C)cc(NC(=O)[C@@H](OC(=O)c2ccc(C#N)cc2)c2ccccc2)c1. The van der Waals surface area contributed by atoms with E-state index in [-0.39, 0.29) is 5.56 Å². The normalized spacial score (nSPS) is 11.2. The summed E-state index contributed by atoms with van der Waals surface area (Å²) >= 11 is 0. The van der Waals surface area contributed by atoms with Crippen LogP contribution in [0.25, 0.3) is 0 Å². The molecule has 0 saturated heterocycles. The fraction of sp³-hybridized carbons (Fsp3) is 0.125. The summed E-state index contributed by atoms with van der Waals surface area (Å²) in [6, 6.07) is 22.6. The number of carbonyl (C=O) groups excluding carboxylic acids is 2. The van der Waals surface area contributed by atoms with E-state index in [4.69, 9.17) is 10.00 Å². The van der Waals surface area contributed by atoms with Gasteiger partial charge in [0.15, 0.2) is 0 Å². The molecular formula is C24H20N2O3. The molecule has 0 aromatic heterocycles. The molecule has 1 N–H and O–H groups in total. The molecule has 144 valence electrons. The molecule has 0 unspecified atom stereocenters. The fourth-order valence-corrected chi connectivity index (χ4v) is 3.01. The van der Waals surface area contributed by atoms with Gasteiger partial charge in [0, 0.05) is 11.3 Å². The van der Waals surface area contributed by atoms with Crippen molar-refractivity contribution in [1.82, 2.24) is 0 Å². The van der Waals surface area contributed by atoms with E-state index in [1.54, 1.807) is 24.3 Å². The Labute approximate surface area is 169 Å². The maximum absolute atomic E-state index is 13.0. The number of nitrogens with zero attached hydrogens (tertiary/aromatic N) is 1. The van der Waals surface area contributed by atoms with Crippen molar-refractivity contribution in [1.29, 1.82) is 5.26 Å². The summed E-state index contributed by atoms with van der Waals surface area (Å²) in [5.74, 6) is -1.08. The highest BCUT2D eigenvalue weighted by atomic mass is 16.5. The van der Waals surface area contributed by atoms with Gasteiger partial charge in [-0.25, -0.2) is 4.79 Å². The maximum Gasteiger partial charge on any atom is 0.339 e. The van der Waals surface area contributed by atoms with Crippen LogP contribution in [0.5, 0.6) is 0 Å². The lowest BCUT2D eigenvalue weighted by Crippen LogP contribution is -2.26.